The number of benzene rings is 3. The zero-order valence-electron chi connectivity index (χ0n) is 16.8. The number of amides is 1. The van der Waals surface area contributed by atoms with E-state index in [4.69, 9.17) is 0 Å². The topological polar surface area (TPSA) is 32.3 Å². The van der Waals surface area contributed by atoms with Gasteiger partial charge in [0.1, 0.15) is 0 Å². The standard InChI is InChI=1S/C26H28N2O/c29-26(28-18-16-21-9-7-8-14-24(21)20-28)19-27-17-15-25(22-10-3-1-4-11-22)23-12-5-2-6-13-23/h1-14,25,27H,15-20H2. The van der Waals surface area contributed by atoms with Gasteiger partial charge in [-0.2, -0.15) is 0 Å². The summed E-state index contributed by atoms with van der Waals surface area (Å²) in [7, 11) is 0. The van der Waals surface area contributed by atoms with E-state index in [1.807, 2.05) is 4.90 Å². The highest BCUT2D eigenvalue weighted by Gasteiger charge is 2.20. The maximum atomic E-state index is 12.7. The predicted molar refractivity (Wildman–Crippen MR) is 118 cm³/mol. The van der Waals surface area contributed by atoms with Gasteiger partial charge in [-0.1, -0.05) is 84.9 Å². The van der Waals surface area contributed by atoms with Crippen LogP contribution in [0.1, 0.15) is 34.6 Å². The zero-order valence-corrected chi connectivity index (χ0v) is 16.8. The molecule has 1 N–H and O–H groups in total. The highest BCUT2D eigenvalue weighted by Crippen LogP contribution is 2.27. The van der Waals surface area contributed by atoms with Gasteiger partial charge in [-0.15, -0.1) is 0 Å². The quantitative estimate of drug-likeness (QED) is 0.613. The van der Waals surface area contributed by atoms with Crippen molar-refractivity contribution < 1.29 is 4.79 Å². The van der Waals surface area contributed by atoms with Crippen LogP contribution in [0.4, 0.5) is 0 Å². The number of nitrogens with one attached hydrogen (secondary N) is 1. The Balaban J connectivity index is 1.31. The molecule has 0 unspecified atom stereocenters. The lowest BCUT2D eigenvalue weighted by Gasteiger charge is -2.29. The van der Waals surface area contributed by atoms with E-state index in [1.165, 1.54) is 22.3 Å². The summed E-state index contributed by atoms with van der Waals surface area (Å²) in [5.41, 5.74) is 5.29. The van der Waals surface area contributed by atoms with Gasteiger partial charge in [-0.3, -0.25) is 4.79 Å². The fraction of sp³-hybridized carbons (Fsp3) is 0.269. The summed E-state index contributed by atoms with van der Waals surface area (Å²) in [4.78, 5) is 14.6. The van der Waals surface area contributed by atoms with Crippen molar-refractivity contribution in [1.29, 1.82) is 0 Å². The second-order valence-corrected chi connectivity index (χ2v) is 7.67. The minimum absolute atomic E-state index is 0.190. The molecule has 1 aliphatic rings. The van der Waals surface area contributed by atoms with Crippen molar-refractivity contribution >= 4 is 5.91 Å². The number of hydrogen-bond acceptors (Lipinski definition) is 2. The summed E-state index contributed by atoms with van der Waals surface area (Å²) in [5.74, 6) is 0.525. The van der Waals surface area contributed by atoms with Crippen molar-refractivity contribution in [3.8, 4) is 0 Å². The van der Waals surface area contributed by atoms with E-state index in [0.717, 1.165) is 32.5 Å². The Bertz CT molecular complexity index is 884. The van der Waals surface area contributed by atoms with E-state index in [9.17, 15) is 4.79 Å². The molecule has 0 aliphatic carbocycles. The van der Waals surface area contributed by atoms with Crippen LogP contribution in [0.2, 0.25) is 0 Å². The molecule has 1 heterocycles. The van der Waals surface area contributed by atoms with Gasteiger partial charge in [0.25, 0.3) is 0 Å². The molecule has 3 aromatic carbocycles. The molecule has 0 bridgehead atoms. The summed E-state index contributed by atoms with van der Waals surface area (Å²) >= 11 is 0. The lowest BCUT2D eigenvalue weighted by Crippen LogP contribution is -2.41. The highest BCUT2D eigenvalue weighted by molar-refractivity contribution is 5.78. The molecular weight excluding hydrogens is 356 g/mol. The van der Waals surface area contributed by atoms with Crippen molar-refractivity contribution in [3.05, 3.63) is 107 Å². The third-order valence-electron chi connectivity index (χ3n) is 5.77. The predicted octanol–water partition coefficient (Wildman–Crippen LogP) is 4.38. The monoisotopic (exact) mass is 384 g/mol. The lowest BCUT2D eigenvalue weighted by molar-refractivity contribution is -0.131. The molecule has 1 aliphatic heterocycles. The first-order valence-corrected chi connectivity index (χ1v) is 10.5. The number of carbonyl (C=O) groups excluding carboxylic acids is 1. The Morgan fingerprint density at radius 1 is 0.828 bits per heavy atom. The summed E-state index contributed by atoms with van der Waals surface area (Å²) in [6.45, 7) is 2.75. The van der Waals surface area contributed by atoms with E-state index in [-0.39, 0.29) is 5.91 Å². The van der Waals surface area contributed by atoms with Crippen LogP contribution in [-0.4, -0.2) is 30.4 Å². The minimum atomic E-state index is 0.190. The molecule has 29 heavy (non-hydrogen) atoms. The first-order chi connectivity index (χ1) is 14.3. The highest BCUT2D eigenvalue weighted by atomic mass is 16.2. The maximum absolute atomic E-state index is 12.7. The van der Waals surface area contributed by atoms with Crippen molar-refractivity contribution in [3.63, 3.8) is 0 Å². The molecule has 0 fully saturated rings. The van der Waals surface area contributed by atoms with Crippen LogP contribution in [-0.2, 0) is 17.8 Å². The van der Waals surface area contributed by atoms with Crippen LogP contribution < -0.4 is 5.32 Å². The van der Waals surface area contributed by atoms with Gasteiger partial charge in [0.15, 0.2) is 0 Å². The third-order valence-corrected chi connectivity index (χ3v) is 5.77. The molecule has 3 aromatic rings. The van der Waals surface area contributed by atoms with E-state index >= 15 is 0 Å². The van der Waals surface area contributed by atoms with Gasteiger partial charge >= 0.3 is 0 Å². The van der Waals surface area contributed by atoms with Crippen molar-refractivity contribution in [1.82, 2.24) is 10.2 Å². The number of hydrogen-bond donors (Lipinski definition) is 1. The maximum Gasteiger partial charge on any atom is 0.236 e. The molecule has 148 valence electrons. The number of nitrogens with zero attached hydrogens (tertiary/aromatic N) is 1. The first-order valence-electron chi connectivity index (χ1n) is 10.5. The summed E-state index contributed by atoms with van der Waals surface area (Å²) in [5, 5.41) is 3.39. The normalized spacial score (nSPS) is 13.3. The Morgan fingerprint density at radius 2 is 1.41 bits per heavy atom. The van der Waals surface area contributed by atoms with Crippen molar-refractivity contribution in [2.24, 2.45) is 0 Å². The molecule has 4 rings (SSSR count). The second-order valence-electron chi connectivity index (χ2n) is 7.67. The number of fused-ring (bicyclic) bond motifs is 1. The van der Waals surface area contributed by atoms with Gasteiger partial charge < -0.3 is 10.2 Å². The second kappa shape index (κ2) is 9.53. The largest absolute Gasteiger partial charge is 0.337 e. The SMILES string of the molecule is O=C(CNCCC(c1ccccc1)c1ccccc1)N1CCc2ccccc2C1. The molecule has 3 nitrogen and oxygen atoms in total. The fourth-order valence-corrected chi connectivity index (χ4v) is 4.16. The number of carbonyl (C=O) groups is 1. The van der Waals surface area contributed by atoms with Crippen molar-refractivity contribution in [2.45, 2.75) is 25.3 Å². The zero-order chi connectivity index (χ0) is 19.9. The van der Waals surface area contributed by atoms with Gasteiger partial charge in [0, 0.05) is 19.0 Å². The van der Waals surface area contributed by atoms with Gasteiger partial charge in [0.2, 0.25) is 5.91 Å². The Hall–Kier alpha value is -2.91. The molecular formula is C26H28N2O. The van der Waals surface area contributed by atoms with Crippen molar-refractivity contribution in [2.75, 3.05) is 19.6 Å². The Labute approximate surface area is 173 Å². The molecule has 0 radical (unpaired) electrons. The molecule has 3 heteroatoms. The average molecular weight is 385 g/mol. The van der Waals surface area contributed by atoms with Crippen LogP contribution in [0, 0.1) is 0 Å². The van der Waals surface area contributed by atoms with Gasteiger partial charge in [0.05, 0.1) is 6.54 Å². The summed E-state index contributed by atoms with van der Waals surface area (Å²) in [6.07, 6.45) is 1.91. The summed E-state index contributed by atoms with van der Waals surface area (Å²) < 4.78 is 0. The molecule has 0 saturated heterocycles. The van der Waals surface area contributed by atoms with Crippen LogP contribution in [0.3, 0.4) is 0 Å². The minimum Gasteiger partial charge on any atom is -0.337 e. The first kappa shape index (κ1) is 19.4. The summed E-state index contributed by atoms with van der Waals surface area (Å²) in [6, 6.07) is 29.7. The molecule has 0 atom stereocenters. The van der Waals surface area contributed by atoms with E-state index in [1.54, 1.807) is 0 Å². The van der Waals surface area contributed by atoms with E-state index in [0.29, 0.717) is 12.5 Å². The smallest absolute Gasteiger partial charge is 0.236 e. The average Bonchev–Trinajstić information content (AvgIpc) is 2.80. The number of rotatable bonds is 7. The van der Waals surface area contributed by atoms with Crippen LogP contribution >= 0.6 is 0 Å². The van der Waals surface area contributed by atoms with E-state index < -0.39 is 0 Å². The third kappa shape index (κ3) is 4.93. The lowest BCUT2D eigenvalue weighted by atomic mass is 9.88. The molecule has 1 amide bonds. The van der Waals surface area contributed by atoms with Crippen LogP contribution in [0.5, 0.6) is 0 Å². The van der Waals surface area contributed by atoms with E-state index in [2.05, 4.69) is 90.2 Å². The van der Waals surface area contributed by atoms with Crippen LogP contribution in [0.15, 0.2) is 84.9 Å². The fourth-order valence-electron chi connectivity index (χ4n) is 4.16. The molecule has 0 saturated carbocycles. The van der Waals surface area contributed by atoms with Gasteiger partial charge in [-0.05, 0) is 41.6 Å². The molecule has 0 aromatic heterocycles. The van der Waals surface area contributed by atoms with Crippen LogP contribution in [0.25, 0.3) is 0 Å². The Kier molecular flexibility index (Phi) is 6.38. The molecule has 0 spiro atoms. The van der Waals surface area contributed by atoms with Gasteiger partial charge in [-0.25, -0.2) is 0 Å². The Morgan fingerprint density at radius 3 is 2.07 bits per heavy atom.